The number of carbonyl (C=O) groups is 2. The van der Waals surface area contributed by atoms with Crippen molar-refractivity contribution in [3.05, 3.63) is 46.3 Å². The van der Waals surface area contributed by atoms with Crippen molar-refractivity contribution in [1.82, 2.24) is 5.32 Å². The normalized spacial score (nSPS) is 19.5. The Hall–Kier alpha value is -2.89. The number of nitrogens with one attached hydrogen (secondary N) is 1. The second-order valence-corrected chi connectivity index (χ2v) is 8.03. The molecule has 2 heterocycles. The van der Waals surface area contributed by atoms with Crippen LogP contribution in [0.5, 0.6) is 0 Å². The van der Waals surface area contributed by atoms with E-state index in [0.29, 0.717) is 16.3 Å². The summed E-state index contributed by atoms with van der Waals surface area (Å²) in [5.41, 5.74) is 2.22. The van der Waals surface area contributed by atoms with Gasteiger partial charge < -0.3 is 5.32 Å². The maximum absolute atomic E-state index is 12.9. The van der Waals surface area contributed by atoms with Gasteiger partial charge in [-0.1, -0.05) is 18.2 Å². The van der Waals surface area contributed by atoms with Crippen molar-refractivity contribution in [2.75, 3.05) is 4.90 Å². The Kier molecular flexibility index (Phi) is 5.03. The lowest BCUT2D eigenvalue weighted by molar-refractivity contribution is -0.130. The second kappa shape index (κ2) is 7.62. The molecule has 2 amide bonds. The van der Waals surface area contributed by atoms with E-state index in [4.69, 9.17) is 12.2 Å². The van der Waals surface area contributed by atoms with Crippen LogP contribution in [-0.4, -0.2) is 23.1 Å². The van der Waals surface area contributed by atoms with Crippen molar-refractivity contribution in [2.24, 2.45) is 10.9 Å². The first-order chi connectivity index (χ1) is 13.6. The first kappa shape index (κ1) is 18.5. The van der Waals surface area contributed by atoms with Crippen LogP contribution in [0.25, 0.3) is 0 Å². The van der Waals surface area contributed by atoms with Crippen LogP contribution < -0.4 is 10.2 Å². The van der Waals surface area contributed by atoms with Gasteiger partial charge in [-0.3, -0.25) is 14.5 Å². The standard InChI is InChI=1S/C20H16N4O2S2/c21-10-14-13-8-4-5-9-16(13)28-18(14)22-11-15-17(25)23-20(27)24(19(15)26)12-6-2-1-3-7-12/h1-3,6-7,11,15H,4-5,8-9H2,(H,23,25,27)/b22-11+. The lowest BCUT2D eigenvalue weighted by Crippen LogP contribution is -2.58. The van der Waals surface area contributed by atoms with E-state index in [1.54, 1.807) is 24.3 Å². The van der Waals surface area contributed by atoms with Crippen molar-refractivity contribution >= 4 is 57.4 Å². The number of benzene rings is 1. The van der Waals surface area contributed by atoms with Crippen molar-refractivity contribution in [1.29, 1.82) is 5.26 Å². The highest BCUT2D eigenvalue weighted by Crippen LogP contribution is 2.39. The van der Waals surface area contributed by atoms with Gasteiger partial charge in [-0.2, -0.15) is 5.26 Å². The molecule has 1 fully saturated rings. The Labute approximate surface area is 171 Å². The summed E-state index contributed by atoms with van der Waals surface area (Å²) in [5.74, 6) is -2.06. The topological polar surface area (TPSA) is 85.6 Å². The largest absolute Gasteiger partial charge is 0.301 e. The van der Waals surface area contributed by atoms with E-state index in [2.05, 4.69) is 16.4 Å². The summed E-state index contributed by atoms with van der Waals surface area (Å²) in [7, 11) is 0. The number of carbonyl (C=O) groups excluding carboxylic acids is 2. The lowest BCUT2D eigenvalue weighted by Gasteiger charge is -2.30. The van der Waals surface area contributed by atoms with E-state index in [-0.39, 0.29) is 5.11 Å². The van der Waals surface area contributed by atoms with E-state index in [0.717, 1.165) is 31.2 Å². The van der Waals surface area contributed by atoms with E-state index in [1.807, 2.05) is 6.07 Å². The van der Waals surface area contributed by atoms with Crippen LogP contribution in [0.15, 0.2) is 35.3 Å². The maximum Gasteiger partial charge on any atom is 0.251 e. The van der Waals surface area contributed by atoms with Crippen LogP contribution in [0.1, 0.15) is 28.8 Å². The number of thiophene rings is 1. The van der Waals surface area contributed by atoms with Crippen molar-refractivity contribution in [2.45, 2.75) is 25.7 Å². The molecule has 1 aromatic carbocycles. The molecule has 0 spiro atoms. The molecular weight excluding hydrogens is 392 g/mol. The third kappa shape index (κ3) is 3.23. The number of hydrogen-bond donors (Lipinski definition) is 1. The molecule has 28 heavy (non-hydrogen) atoms. The fourth-order valence-corrected chi connectivity index (χ4v) is 4.93. The van der Waals surface area contributed by atoms with Gasteiger partial charge in [0.25, 0.3) is 5.91 Å². The zero-order valence-electron chi connectivity index (χ0n) is 14.8. The number of fused-ring (bicyclic) bond motifs is 1. The van der Waals surface area contributed by atoms with E-state index < -0.39 is 17.7 Å². The number of thiocarbonyl (C=S) groups is 1. The van der Waals surface area contributed by atoms with Gasteiger partial charge in [-0.15, -0.1) is 11.3 Å². The van der Waals surface area contributed by atoms with Gasteiger partial charge in [0.05, 0.1) is 11.3 Å². The summed E-state index contributed by atoms with van der Waals surface area (Å²) >= 11 is 6.65. The third-order valence-corrected chi connectivity index (χ3v) is 6.31. The number of hydrogen-bond acceptors (Lipinski definition) is 6. The third-order valence-electron chi connectivity index (χ3n) is 4.82. The molecule has 140 valence electrons. The summed E-state index contributed by atoms with van der Waals surface area (Å²) in [6.45, 7) is 0. The van der Waals surface area contributed by atoms with Crippen molar-refractivity contribution in [3.63, 3.8) is 0 Å². The van der Waals surface area contributed by atoms with Crippen LogP contribution in [0.2, 0.25) is 0 Å². The van der Waals surface area contributed by atoms with Crippen molar-refractivity contribution < 1.29 is 9.59 Å². The first-order valence-electron chi connectivity index (χ1n) is 8.93. The molecule has 0 bridgehead atoms. The minimum Gasteiger partial charge on any atom is -0.301 e. The zero-order valence-corrected chi connectivity index (χ0v) is 16.5. The average Bonchev–Trinajstić information content (AvgIpc) is 3.05. The molecule has 8 heteroatoms. The number of amides is 2. The highest BCUT2D eigenvalue weighted by atomic mass is 32.1. The predicted octanol–water partition coefficient (Wildman–Crippen LogP) is 3.26. The van der Waals surface area contributed by atoms with Gasteiger partial charge in [0.15, 0.2) is 11.0 Å². The zero-order chi connectivity index (χ0) is 19.7. The van der Waals surface area contributed by atoms with Crippen LogP contribution in [0, 0.1) is 17.2 Å². The second-order valence-electron chi connectivity index (χ2n) is 6.56. The molecular formula is C20H16N4O2S2. The predicted molar refractivity (Wildman–Crippen MR) is 112 cm³/mol. The summed E-state index contributed by atoms with van der Waals surface area (Å²) < 4.78 is 0. The number of nitriles is 1. The molecule has 1 aliphatic heterocycles. The van der Waals surface area contributed by atoms with Gasteiger partial charge in [0.1, 0.15) is 11.1 Å². The lowest BCUT2D eigenvalue weighted by atomic mass is 9.96. The van der Waals surface area contributed by atoms with Gasteiger partial charge in [-0.05, 0) is 55.6 Å². The Balaban J connectivity index is 1.65. The van der Waals surface area contributed by atoms with Crippen molar-refractivity contribution in [3.8, 4) is 6.07 Å². The van der Waals surface area contributed by atoms with E-state index >= 15 is 0 Å². The number of rotatable bonds is 3. The molecule has 1 aliphatic carbocycles. The van der Waals surface area contributed by atoms with Gasteiger partial charge in [-0.25, -0.2) is 4.99 Å². The molecule has 0 saturated carbocycles. The summed E-state index contributed by atoms with van der Waals surface area (Å²) in [4.78, 5) is 32.2. The quantitative estimate of drug-likeness (QED) is 0.480. The van der Waals surface area contributed by atoms with Crippen LogP contribution in [-0.2, 0) is 22.4 Å². The summed E-state index contributed by atoms with van der Waals surface area (Å²) in [6, 6.07) is 11.1. The first-order valence-corrected chi connectivity index (χ1v) is 10.2. The Bertz CT molecular complexity index is 1040. The molecule has 1 N–H and O–H groups in total. The summed E-state index contributed by atoms with van der Waals surface area (Å²) in [6.07, 6.45) is 5.32. The number of aryl methyl sites for hydroxylation is 1. The molecule has 1 saturated heterocycles. The smallest absolute Gasteiger partial charge is 0.251 e. The summed E-state index contributed by atoms with van der Waals surface area (Å²) in [5, 5.41) is 12.7. The molecule has 1 atom stereocenters. The van der Waals surface area contributed by atoms with Gasteiger partial charge in [0, 0.05) is 11.1 Å². The maximum atomic E-state index is 12.9. The minimum atomic E-state index is -1.10. The SMILES string of the molecule is N#Cc1c(/N=C/C2C(=O)NC(=S)N(c3ccccc3)C2=O)sc2c1CCCC2. The van der Waals surface area contributed by atoms with Crippen LogP contribution >= 0.6 is 23.6 Å². The Morgan fingerprint density at radius 2 is 2.00 bits per heavy atom. The molecule has 2 aliphatic rings. The fourth-order valence-electron chi connectivity index (χ4n) is 3.44. The molecule has 6 nitrogen and oxygen atoms in total. The highest BCUT2D eigenvalue weighted by Gasteiger charge is 2.38. The highest BCUT2D eigenvalue weighted by molar-refractivity contribution is 7.80. The minimum absolute atomic E-state index is 0.0511. The number of para-hydroxylation sites is 1. The molecule has 2 aromatic rings. The Morgan fingerprint density at radius 3 is 2.75 bits per heavy atom. The number of anilines is 1. The monoisotopic (exact) mass is 408 g/mol. The molecule has 1 aromatic heterocycles. The molecule has 1 unspecified atom stereocenters. The van der Waals surface area contributed by atoms with Crippen LogP contribution in [0.3, 0.4) is 0 Å². The van der Waals surface area contributed by atoms with E-state index in [1.165, 1.54) is 27.3 Å². The fraction of sp³-hybridized carbons (Fsp3) is 0.250. The van der Waals surface area contributed by atoms with Crippen LogP contribution in [0.4, 0.5) is 10.7 Å². The van der Waals surface area contributed by atoms with Gasteiger partial charge >= 0.3 is 0 Å². The van der Waals surface area contributed by atoms with E-state index in [9.17, 15) is 14.9 Å². The number of aliphatic imine (C=N–C) groups is 1. The number of nitrogens with zero attached hydrogens (tertiary/aromatic N) is 3. The molecule has 4 rings (SSSR count). The molecule has 0 radical (unpaired) electrons. The Morgan fingerprint density at radius 1 is 1.25 bits per heavy atom. The average molecular weight is 409 g/mol. The van der Waals surface area contributed by atoms with Gasteiger partial charge in [0.2, 0.25) is 5.91 Å².